The number of fused-ring (bicyclic) bond motifs is 4. The number of para-hydroxylation sites is 1. The van der Waals surface area contributed by atoms with Crippen molar-refractivity contribution in [1.29, 1.82) is 0 Å². The maximum atomic E-state index is 5.42. The van der Waals surface area contributed by atoms with Gasteiger partial charge in [-0.1, -0.05) is 23.9 Å². The second-order valence-electron chi connectivity index (χ2n) is 3.99. The molecule has 0 atom stereocenters. The molecule has 2 heterocycles. The van der Waals surface area contributed by atoms with Crippen molar-refractivity contribution in [3.05, 3.63) is 48.7 Å². The van der Waals surface area contributed by atoms with Crippen LogP contribution in [0, 0.1) is 0 Å². The summed E-state index contributed by atoms with van der Waals surface area (Å²) in [7, 11) is 0. The van der Waals surface area contributed by atoms with Gasteiger partial charge in [0, 0.05) is 15.2 Å². The first kappa shape index (κ1) is 9.19. The minimum atomic E-state index is 0.927. The number of benzene rings is 2. The Bertz CT molecular complexity index is 717. The van der Waals surface area contributed by atoms with Crippen LogP contribution in [0.2, 0.25) is 0 Å². The Morgan fingerprint density at radius 2 is 1.88 bits per heavy atom. The molecule has 0 radical (unpaired) electrons. The molecule has 17 heavy (non-hydrogen) atoms. The van der Waals surface area contributed by atoms with Crippen LogP contribution >= 0.6 is 11.8 Å². The minimum absolute atomic E-state index is 0.927. The van der Waals surface area contributed by atoms with Gasteiger partial charge in [0.25, 0.3) is 0 Å². The van der Waals surface area contributed by atoms with Gasteiger partial charge in [0.1, 0.15) is 5.58 Å². The van der Waals surface area contributed by atoms with Crippen LogP contribution in [0.4, 0.5) is 11.4 Å². The largest absolute Gasteiger partial charge is 0.464 e. The molecule has 4 rings (SSSR count). The molecule has 3 heteroatoms. The number of nitrogens with one attached hydrogen (secondary N) is 1. The van der Waals surface area contributed by atoms with Crippen molar-refractivity contribution in [2.24, 2.45) is 0 Å². The third-order valence-corrected chi connectivity index (χ3v) is 4.10. The van der Waals surface area contributed by atoms with E-state index < -0.39 is 0 Å². The summed E-state index contributed by atoms with van der Waals surface area (Å²) in [6.45, 7) is 0. The molecule has 0 amide bonds. The molecule has 1 aliphatic heterocycles. The van der Waals surface area contributed by atoms with Crippen LogP contribution in [0.3, 0.4) is 0 Å². The third-order valence-electron chi connectivity index (χ3n) is 2.96. The van der Waals surface area contributed by atoms with Crippen molar-refractivity contribution in [2.45, 2.75) is 9.79 Å². The first-order valence-electron chi connectivity index (χ1n) is 5.46. The summed E-state index contributed by atoms with van der Waals surface area (Å²) < 4.78 is 5.42. The van der Waals surface area contributed by atoms with Gasteiger partial charge in [0.05, 0.1) is 17.6 Å². The zero-order chi connectivity index (χ0) is 11.2. The standard InChI is InChI=1S/C14H9NOS/c1-2-4-12-10(3-1)15-14-9-7-8-16-11(9)5-6-13(14)17-12/h1-8,15H. The van der Waals surface area contributed by atoms with Crippen molar-refractivity contribution in [1.82, 2.24) is 0 Å². The fraction of sp³-hybridized carbons (Fsp3) is 0. The fourth-order valence-electron chi connectivity index (χ4n) is 2.15. The number of hydrogen-bond donors (Lipinski definition) is 1. The van der Waals surface area contributed by atoms with E-state index in [1.54, 1.807) is 18.0 Å². The molecule has 0 saturated heterocycles. The van der Waals surface area contributed by atoms with Gasteiger partial charge in [-0.3, -0.25) is 0 Å². The van der Waals surface area contributed by atoms with Crippen LogP contribution in [0.15, 0.2) is 62.9 Å². The second kappa shape index (κ2) is 3.31. The quantitative estimate of drug-likeness (QED) is 0.484. The van der Waals surface area contributed by atoms with Crippen molar-refractivity contribution in [2.75, 3.05) is 5.32 Å². The molecule has 1 aliphatic rings. The predicted molar refractivity (Wildman–Crippen MR) is 70.1 cm³/mol. The van der Waals surface area contributed by atoms with Gasteiger partial charge in [0.2, 0.25) is 0 Å². The second-order valence-corrected chi connectivity index (χ2v) is 5.08. The van der Waals surface area contributed by atoms with Gasteiger partial charge in [0.15, 0.2) is 0 Å². The highest BCUT2D eigenvalue weighted by molar-refractivity contribution is 7.99. The predicted octanol–water partition coefficient (Wildman–Crippen LogP) is 4.64. The van der Waals surface area contributed by atoms with E-state index in [0.29, 0.717) is 0 Å². The summed E-state index contributed by atoms with van der Waals surface area (Å²) in [6, 6.07) is 14.5. The summed E-state index contributed by atoms with van der Waals surface area (Å²) in [4.78, 5) is 2.51. The van der Waals surface area contributed by atoms with Crippen LogP contribution in [-0.2, 0) is 0 Å². The summed E-state index contributed by atoms with van der Waals surface area (Å²) in [5.41, 5.74) is 3.25. The maximum absolute atomic E-state index is 5.42. The summed E-state index contributed by atoms with van der Waals surface area (Å²) in [5.74, 6) is 0. The highest BCUT2D eigenvalue weighted by Crippen LogP contribution is 2.46. The monoisotopic (exact) mass is 239 g/mol. The molecule has 1 aromatic heterocycles. The highest BCUT2D eigenvalue weighted by atomic mass is 32.2. The van der Waals surface area contributed by atoms with E-state index in [1.807, 2.05) is 18.2 Å². The molecule has 3 aromatic rings. The molecule has 2 nitrogen and oxygen atoms in total. The molecule has 0 unspecified atom stereocenters. The molecule has 0 spiro atoms. The van der Waals surface area contributed by atoms with Gasteiger partial charge in [-0.2, -0.15) is 0 Å². The third kappa shape index (κ3) is 1.29. The first-order chi connectivity index (χ1) is 8.42. The molecule has 2 aromatic carbocycles. The topological polar surface area (TPSA) is 25.2 Å². The Balaban J connectivity index is 1.98. The van der Waals surface area contributed by atoms with Crippen molar-refractivity contribution in [3.8, 4) is 0 Å². The highest BCUT2D eigenvalue weighted by Gasteiger charge is 2.17. The van der Waals surface area contributed by atoms with Crippen LogP contribution in [-0.4, -0.2) is 0 Å². The summed E-state index contributed by atoms with van der Waals surface area (Å²) in [6.07, 6.45) is 1.73. The van der Waals surface area contributed by atoms with E-state index in [4.69, 9.17) is 4.42 Å². The van der Waals surface area contributed by atoms with E-state index in [2.05, 4.69) is 29.6 Å². The lowest BCUT2D eigenvalue weighted by Crippen LogP contribution is -1.99. The lowest BCUT2D eigenvalue weighted by Gasteiger charge is -2.20. The lowest BCUT2D eigenvalue weighted by atomic mass is 10.2. The average Bonchev–Trinajstić information content (AvgIpc) is 2.85. The van der Waals surface area contributed by atoms with Crippen LogP contribution in [0.5, 0.6) is 0 Å². The molecule has 0 aliphatic carbocycles. The fourth-order valence-corrected chi connectivity index (χ4v) is 3.16. The van der Waals surface area contributed by atoms with Crippen LogP contribution in [0.25, 0.3) is 11.0 Å². The van der Waals surface area contributed by atoms with Gasteiger partial charge in [-0.15, -0.1) is 0 Å². The van der Waals surface area contributed by atoms with Gasteiger partial charge in [-0.25, -0.2) is 0 Å². The minimum Gasteiger partial charge on any atom is -0.464 e. The number of rotatable bonds is 0. The Hall–Kier alpha value is -1.87. The normalized spacial score (nSPS) is 12.9. The molecule has 82 valence electrons. The van der Waals surface area contributed by atoms with Gasteiger partial charge >= 0.3 is 0 Å². The molecule has 1 N–H and O–H groups in total. The molecule has 0 fully saturated rings. The molecule has 0 saturated carbocycles. The Kier molecular flexibility index (Phi) is 1.79. The SMILES string of the molecule is c1ccc2c(c1)Nc1c(ccc3occc13)S2. The first-order valence-corrected chi connectivity index (χ1v) is 6.27. The zero-order valence-electron chi connectivity index (χ0n) is 8.94. The van der Waals surface area contributed by atoms with Crippen molar-refractivity contribution >= 4 is 34.1 Å². The average molecular weight is 239 g/mol. The molecule has 0 bridgehead atoms. The zero-order valence-corrected chi connectivity index (χ0v) is 9.75. The van der Waals surface area contributed by atoms with E-state index in [9.17, 15) is 0 Å². The lowest BCUT2D eigenvalue weighted by molar-refractivity contribution is 0.616. The Morgan fingerprint density at radius 1 is 0.941 bits per heavy atom. The van der Waals surface area contributed by atoms with Crippen LogP contribution in [0.1, 0.15) is 0 Å². The summed E-state index contributed by atoms with van der Waals surface area (Å²) in [5, 5.41) is 4.63. The Labute approximate surface area is 103 Å². The molecular weight excluding hydrogens is 230 g/mol. The number of hydrogen-bond acceptors (Lipinski definition) is 3. The maximum Gasteiger partial charge on any atom is 0.136 e. The summed E-state index contributed by atoms with van der Waals surface area (Å²) >= 11 is 1.80. The van der Waals surface area contributed by atoms with Crippen LogP contribution < -0.4 is 5.32 Å². The smallest absolute Gasteiger partial charge is 0.136 e. The number of furan rings is 1. The van der Waals surface area contributed by atoms with Gasteiger partial charge in [-0.05, 0) is 30.3 Å². The van der Waals surface area contributed by atoms with E-state index in [0.717, 1.165) is 16.7 Å². The van der Waals surface area contributed by atoms with E-state index in [1.165, 1.54) is 15.5 Å². The van der Waals surface area contributed by atoms with Crippen molar-refractivity contribution in [3.63, 3.8) is 0 Å². The number of anilines is 2. The Morgan fingerprint density at radius 3 is 2.88 bits per heavy atom. The molecular formula is C14H9NOS. The van der Waals surface area contributed by atoms with Gasteiger partial charge < -0.3 is 9.73 Å². The van der Waals surface area contributed by atoms with E-state index in [-0.39, 0.29) is 0 Å². The van der Waals surface area contributed by atoms with Crippen molar-refractivity contribution < 1.29 is 4.42 Å². The van der Waals surface area contributed by atoms with E-state index >= 15 is 0 Å².